The summed E-state index contributed by atoms with van der Waals surface area (Å²) in [7, 11) is -2.99. The van der Waals surface area contributed by atoms with Crippen LogP contribution in [-0.2, 0) is 14.6 Å². The Morgan fingerprint density at radius 1 is 1.43 bits per heavy atom. The summed E-state index contributed by atoms with van der Waals surface area (Å²) in [5.41, 5.74) is 0.137. The standard InChI is InChI=1S/C14H19FN2O3S/c1-2-17(11-7-8-21(19,20)10-11)9-14(18)16-13-6-4-3-5-12(13)15/h3-6,11H,2,7-10H2,1H3,(H,16,18). The van der Waals surface area contributed by atoms with Crippen molar-refractivity contribution in [3.05, 3.63) is 30.1 Å². The van der Waals surface area contributed by atoms with Crippen molar-refractivity contribution in [1.82, 2.24) is 4.90 Å². The van der Waals surface area contributed by atoms with Gasteiger partial charge in [0.15, 0.2) is 9.84 Å². The number of nitrogens with zero attached hydrogens (tertiary/aromatic N) is 1. The number of nitrogens with one attached hydrogen (secondary N) is 1. The minimum absolute atomic E-state index is 0.0605. The highest BCUT2D eigenvalue weighted by molar-refractivity contribution is 7.91. The van der Waals surface area contributed by atoms with Crippen molar-refractivity contribution in [2.24, 2.45) is 0 Å². The van der Waals surface area contributed by atoms with Gasteiger partial charge in [0, 0.05) is 6.04 Å². The molecule has 0 radical (unpaired) electrons. The normalized spacial score (nSPS) is 20.6. The van der Waals surface area contributed by atoms with Crippen LogP contribution in [0.1, 0.15) is 13.3 Å². The fourth-order valence-corrected chi connectivity index (χ4v) is 4.26. The molecule has 0 aliphatic carbocycles. The molecule has 1 amide bonds. The number of carbonyl (C=O) groups is 1. The lowest BCUT2D eigenvalue weighted by atomic mass is 10.2. The van der Waals surface area contributed by atoms with Gasteiger partial charge in [-0.2, -0.15) is 0 Å². The van der Waals surface area contributed by atoms with E-state index in [-0.39, 0.29) is 35.7 Å². The van der Waals surface area contributed by atoms with Crippen LogP contribution in [0.15, 0.2) is 24.3 Å². The second kappa shape index (κ2) is 6.53. The Morgan fingerprint density at radius 3 is 2.71 bits per heavy atom. The van der Waals surface area contributed by atoms with Gasteiger partial charge in [-0.05, 0) is 25.1 Å². The summed E-state index contributed by atoms with van der Waals surface area (Å²) in [4.78, 5) is 13.8. The number of para-hydroxylation sites is 1. The van der Waals surface area contributed by atoms with E-state index in [0.29, 0.717) is 13.0 Å². The van der Waals surface area contributed by atoms with Gasteiger partial charge in [0.1, 0.15) is 5.82 Å². The molecule has 1 aromatic rings. The van der Waals surface area contributed by atoms with E-state index in [9.17, 15) is 17.6 Å². The molecule has 1 N–H and O–H groups in total. The Labute approximate surface area is 124 Å². The molecule has 1 fully saturated rings. The molecule has 1 aliphatic rings. The maximum atomic E-state index is 13.5. The van der Waals surface area contributed by atoms with E-state index in [1.165, 1.54) is 12.1 Å². The first-order chi connectivity index (χ1) is 9.91. The van der Waals surface area contributed by atoms with E-state index < -0.39 is 15.7 Å². The summed E-state index contributed by atoms with van der Waals surface area (Å²) in [5.74, 6) is -0.569. The van der Waals surface area contributed by atoms with Crippen molar-refractivity contribution in [1.29, 1.82) is 0 Å². The molecule has 1 unspecified atom stereocenters. The Morgan fingerprint density at radius 2 is 2.14 bits per heavy atom. The molecule has 21 heavy (non-hydrogen) atoms. The zero-order chi connectivity index (χ0) is 15.5. The fraction of sp³-hybridized carbons (Fsp3) is 0.500. The Kier molecular flexibility index (Phi) is 4.95. The Bertz CT molecular complexity index is 618. The molecule has 1 heterocycles. The molecule has 1 saturated heterocycles. The molecule has 1 aliphatic heterocycles. The summed E-state index contributed by atoms with van der Waals surface area (Å²) >= 11 is 0. The van der Waals surface area contributed by atoms with Crippen LogP contribution in [-0.4, -0.2) is 49.9 Å². The van der Waals surface area contributed by atoms with E-state index in [4.69, 9.17) is 0 Å². The summed E-state index contributed by atoms with van der Waals surface area (Å²) < 4.78 is 36.5. The van der Waals surface area contributed by atoms with Crippen molar-refractivity contribution in [2.45, 2.75) is 19.4 Å². The van der Waals surface area contributed by atoms with Gasteiger partial charge in [-0.3, -0.25) is 9.69 Å². The number of amides is 1. The summed E-state index contributed by atoms with van der Waals surface area (Å²) in [6.45, 7) is 2.51. The maximum absolute atomic E-state index is 13.5. The number of halogens is 1. The average molecular weight is 314 g/mol. The largest absolute Gasteiger partial charge is 0.322 e. The first-order valence-electron chi connectivity index (χ1n) is 6.90. The van der Waals surface area contributed by atoms with Crippen LogP contribution >= 0.6 is 0 Å². The van der Waals surface area contributed by atoms with Gasteiger partial charge in [-0.25, -0.2) is 12.8 Å². The quantitative estimate of drug-likeness (QED) is 0.889. The smallest absolute Gasteiger partial charge is 0.238 e. The summed E-state index contributed by atoms with van der Waals surface area (Å²) in [5, 5.41) is 2.51. The van der Waals surface area contributed by atoms with Crippen molar-refractivity contribution >= 4 is 21.4 Å². The molecular weight excluding hydrogens is 295 g/mol. The molecular formula is C14H19FN2O3S. The predicted octanol–water partition coefficient (Wildman–Crippen LogP) is 1.27. The summed E-state index contributed by atoms with van der Waals surface area (Å²) in [6, 6.07) is 5.82. The summed E-state index contributed by atoms with van der Waals surface area (Å²) in [6.07, 6.45) is 0.545. The van der Waals surface area contributed by atoms with E-state index in [1.807, 2.05) is 11.8 Å². The van der Waals surface area contributed by atoms with Crippen LogP contribution in [0.2, 0.25) is 0 Å². The zero-order valence-electron chi connectivity index (χ0n) is 11.9. The highest BCUT2D eigenvalue weighted by Gasteiger charge is 2.32. The third-order valence-corrected chi connectivity index (χ3v) is 5.38. The van der Waals surface area contributed by atoms with E-state index in [2.05, 4.69) is 5.32 Å². The van der Waals surface area contributed by atoms with Crippen molar-refractivity contribution in [3.8, 4) is 0 Å². The van der Waals surface area contributed by atoms with Gasteiger partial charge in [0.05, 0.1) is 23.7 Å². The number of benzene rings is 1. The predicted molar refractivity (Wildman–Crippen MR) is 79.3 cm³/mol. The van der Waals surface area contributed by atoms with Gasteiger partial charge in [-0.15, -0.1) is 0 Å². The van der Waals surface area contributed by atoms with Gasteiger partial charge in [-0.1, -0.05) is 19.1 Å². The van der Waals surface area contributed by atoms with Crippen LogP contribution in [0.25, 0.3) is 0 Å². The molecule has 0 bridgehead atoms. The number of hydrogen-bond acceptors (Lipinski definition) is 4. The lowest BCUT2D eigenvalue weighted by molar-refractivity contribution is -0.117. The van der Waals surface area contributed by atoms with Crippen LogP contribution in [0, 0.1) is 5.82 Å². The number of likely N-dealkylation sites (N-methyl/N-ethyl adjacent to an activating group) is 1. The van der Waals surface area contributed by atoms with Crippen molar-refractivity contribution in [2.75, 3.05) is 29.9 Å². The van der Waals surface area contributed by atoms with Gasteiger partial charge < -0.3 is 5.32 Å². The number of sulfone groups is 1. The average Bonchev–Trinajstić information content (AvgIpc) is 2.79. The van der Waals surface area contributed by atoms with Crippen molar-refractivity contribution in [3.63, 3.8) is 0 Å². The number of rotatable bonds is 5. The monoisotopic (exact) mass is 314 g/mol. The highest BCUT2D eigenvalue weighted by Crippen LogP contribution is 2.18. The van der Waals surface area contributed by atoms with E-state index in [1.54, 1.807) is 12.1 Å². The van der Waals surface area contributed by atoms with Gasteiger partial charge >= 0.3 is 0 Å². The lowest BCUT2D eigenvalue weighted by Crippen LogP contribution is -2.41. The SMILES string of the molecule is CCN(CC(=O)Nc1ccccc1F)C1CCS(=O)(=O)C1. The molecule has 116 valence electrons. The maximum Gasteiger partial charge on any atom is 0.238 e. The topological polar surface area (TPSA) is 66.5 Å². The van der Waals surface area contributed by atoms with Crippen LogP contribution in [0.3, 0.4) is 0 Å². The molecule has 7 heteroatoms. The number of hydrogen-bond donors (Lipinski definition) is 1. The van der Waals surface area contributed by atoms with Crippen LogP contribution in [0.5, 0.6) is 0 Å². The molecule has 0 spiro atoms. The molecule has 1 atom stereocenters. The second-order valence-corrected chi connectivity index (χ2v) is 7.38. The van der Waals surface area contributed by atoms with Crippen LogP contribution in [0.4, 0.5) is 10.1 Å². The Balaban J connectivity index is 1.96. The number of carbonyl (C=O) groups excluding carboxylic acids is 1. The van der Waals surface area contributed by atoms with Crippen molar-refractivity contribution < 1.29 is 17.6 Å². The molecule has 0 saturated carbocycles. The molecule has 0 aromatic heterocycles. The first kappa shape index (κ1) is 15.9. The third kappa shape index (κ3) is 4.25. The first-order valence-corrected chi connectivity index (χ1v) is 8.72. The Hall–Kier alpha value is -1.47. The second-order valence-electron chi connectivity index (χ2n) is 5.15. The fourth-order valence-electron chi connectivity index (χ4n) is 2.50. The third-order valence-electron chi connectivity index (χ3n) is 3.63. The minimum Gasteiger partial charge on any atom is -0.322 e. The zero-order valence-corrected chi connectivity index (χ0v) is 12.7. The van der Waals surface area contributed by atoms with Gasteiger partial charge in [0.25, 0.3) is 0 Å². The molecule has 5 nitrogen and oxygen atoms in total. The van der Waals surface area contributed by atoms with E-state index >= 15 is 0 Å². The van der Waals surface area contributed by atoms with E-state index in [0.717, 1.165) is 0 Å². The molecule has 2 rings (SSSR count). The minimum atomic E-state index is -2.99. The highest BCUT2D eigenvalue weighted by atomic mass is 32.2. The molecule has 1 aromatic carbocycles. The number of anilines is 1. The van der Waals surface area contributed by atoms with Gasteiger partial charge in [0.2, 0.25) is 5.91 Å². The van der Waals surface area contributed by atoms with Crippen LogP contribution < -0.4 is 5.32 Å². The lowest BCUT2D eigenvalue weighted by Gasteiger charge is -2.25.